The number of thiocarbonyl (C=S) groups is 1. The Bertz CT molecular complexity index is 462. The molecule has 0 heterocycles. The van der Waals surface area contributed by atoms with Crippen LogP contribution in [0.25, 0.3) is 0 Å². The van der Waals surface area contributed by atoms with E-state index in [2.05, 4.69) is 5.32 Å². The van der Waals surface area contributed by atoms with Crippen LogP contribution in [0.15, 0.2) is 18.2 Å². The van der Waals surface area contributed by atoms with E-state index >= 15 is 0 Å². The molecule has 1 rings (SSSR count). The van der Waals surface area contributed by atoms with Crippen molar-refractivity contribution in [2.75, 3.05) is 0 Å². The minimum atomic E-state index is -0.486. The summed E-state index contributed by atoms with van der Waals surface area (Å²) >= 11 is 4.81. The van der Waals surface area contributed by atoms with Crippen molar-refractivity contribution in [2.45, 2.75) is 32.7 Å². The number of nitrogens with two attached hydrogens (primary N) is 1. The number of halogens is 1. The molecule has 5 heteroatoms. The Morgan fingerprint density at radius 2 is 2.22 bits per heavy atom. The van der Waals surface area contributed by atoms with Crippen LogP contribution in [-0.2, 0) is 0 Å². The Morgan fingerprint density at radius 3 is 2.78 bits per heavy atom. The van der Waals surface area contributed by atoms with E-state index in [9.17, 15) is 9.18 Å². The fourth-order valence-electron chi connectivity index (χ4n) is 1.63. The highest BCUT2D eigenvalue weighted by molar-refractivity contribution is 7.80. The van der Waals surface area contributed by atoms with Crippen LogP contribution in [-0.4, -0.2) is 16.9 Å². The summed E-state index contributed by atoms with van der Waals surface area (Å²) in [4.78, 5) is 12.3. The van der Waals surface area contributed by atoms with E-state index in [1.807, 2.05) is 6.92 Å². The molecule has 0 aromatic heterocycles. The van der Waals surface area contributed by atoms with Crippen molar-refractivity contribution in [3.05, 3.63) is 35.1 Å². The summed E-state index contributed by atoms with van der Waals surface area (Å²) in [6.45, 7) is 3.54. The number of amides is 1. The van der Waals surface area contributed by atoms with E-state index in [0.717, 1.165) is 0 Å². The molecule has 1 unspecified atom stereocenters. The van der Waals surface area contributed by atoms with Crippen molar-refractivity contribution in [2.24, 2.45) is 5.73 Å². The van der Waals surface area contributed by atoms with Crippen LogP contribution in [0.3, 0.4) is 0 Å². The number of carbonyl (C=O) groups excluding carboxylic acids is 1. The maximum atomic E-state index is 13.8. The van der Waals surface area contributed by atoms with Crippen LogP contribution >= 0.6 is 12.2 Å². The molecule has 1 atom stereocenters. The number of carbonyl (C=O) groups is 1. The normalized spacial score (nSPS) is 11.9. The molecule has 0 saturated heterocycles. The van der Waals surface area contributed by atoms with Crippen LogP contribution in [0.5, 0.6) is 0 Å². The van der Waals surface area contributed by atoms with Crippen LogP contribution < -0.4 is 11.1 Å². The molecule has 0 aliphatic rings. The number of hydrogen-bond donors (Lipinski definition) is 2. The smallest absolute Gasteiger partial charge is 0.254 e. The van der Waals surface area contributed by atoms with Gasteiger partial charge in [0.2, 0.25) is 0 Å². The van der Waals surface area contributed by atoms with Crippen LogP contribution in [0, 0.1) is 12.7 Å². The molecule has 3 N–H and O–H groups in total. The van der Waals surface area contributed by atoms with Crippen LogP contribution in [0.1, 0.15) is 35.7 Å². The lowest BCUT2D eigenvalue weighted by atomic mass is 10.1. The van der Waals surface area contributed by atoms with Gasteiger partial charge in [0.05, 0.1) is 10.6 Å². The number of aryl methyl sites for hydroxylation is 1. The van der Waals surface area contributed by atoms with E-state index in [4.69, 9.17) is 18.0 Å². The molecule has 0 aliphatic carbocycles. The number of rotatable bonds is 5. The third-order valence-corrected chi connectivity index (χ3v) is 2.88. The van der Waals surface area contributed by atoms with Gasteiger partial charge in [-0.1, -0.05) is 31.3 Å². The second kappa shape index (κ2) is 6.44. The second-order valence-electron chi connectivity index (χ2n) is 4.19. The molecule has 98 valence electrons. The SMILES string of the molecule is CCC(CC(N)=S)NC(=O)c1cccc(C)c1F. The van der Waals surface area contributed by atoms with Crippen molar-refractivity contribution in [1.82, 2.24) is 5.32 Å². The van der Waals surface area contributed by atoms with Gasteiger partial charge in [-0.15, -0.1) is 0 Å². The van der Waals surface area contributed by atoms with Gasteiger partial charge in [-0.2, -0.15) is 0 Å². The summed E-state index contributed by atoms with van der Waals surface area (Å²) in [6.07, 6.45) is 1.11. The maximum Gasteiger partial charge on any atom is 0.254 e. The molecule has 0 aliphatic heterocycles. The monoisotopic (exact) mass is 268 g/mol. The molecule has 3 nitrogen and oxygen atoms in total. The Hall–Kier alpha value is -1.49. The first-order chi connectivity index (χ1) is 8.45. The molecule has 0 radical (unpaired) electrons. The number of benzene rings is 1. The van der Waals surface area contributed by atoms with Gasteiger partial charge in [0.1, 0.15) is 5.82 Å². The summed E-state index contributed by atoms with van der Waals surface area (Å²) in [6, 6.07) is 4.58. The molecular formula is C13H17FN2OS. The van der Waals surface area contributed by atoms with Gasteiger partial charge in [0, 0.05) is 12.5 Å². The summed E-state index contributed by atoms with van der Waals surface area (Å²) in [5.74, 6) is -0.917. The standard InChI is InChI=1S/C13H17FN2OS/c1-3-9(7-11(15)18)16-13(17)10-6-4-5-8(2)12(10)14/h4-6,9H,3,7H2,1-2H3,(H2,15,18)(H,16,17). The van der Waals surface area contributed by atoms with Gasteiger partial charge < -0.3 is 11.1 Å². The molecule has 0 saturated carbocycles. The van der Waals surface area contributed by atoms with Crippen molar-refractivity contribution in [3.63, 3.8) is 0 Å². The largest absolute Gasteiger partial charge is 0.393 e. The lowest BCUT2D eigenvalue weighted by Crippen LogP contribution is -2.37. The van der Waals surface area contributed by atoms with E-state index in [-0.39, 0.29) is 11.6 Å². The molecular weight excluding hydrogens is 251 g/mol. The first-order valence-electron chi connectivity index (χ1n) is 5.80. The van der Waals surface area contributed by atoms with Crippen molar-refractivity contribution >= 4 is 23.1 Å². The minimum Gasteiger partial charge on any atom is -0.393 e. The van der Waals surface area contributed by atoms with Crippen molar-refractivity contribution in [1.29, 1.82) is 0 Å². The van der Waals surface area contributed by atoms with E-state index < -0.39 is 11.7 Å². The van der Waals surface area contributed by atoms with Gasteiger partial charge in [-0.25, -0.2) is 4.39 Å². The average Bonchev–Trinajstić information content (AvgIpc) is 2.31. The molecule has 1 amide bonds. The van der Waals surface area contributed by atoms with Gasteiger partial charge in [-0.05, 0) is 25.0 Å². The molecule has 1 aromatic rings. The summed E-state index contributed by atoms with van der Waals surface area (Å²) in [7, 11) is 0. The average molecular weight is 268 g/mol. The van der Waals surface area contributed by atoms with Crippen molar-refractivity contribution in [3.8, 4) is 0 Å². The van der Waals surface area contributed by atoms with Crippen LogP contribution in [0.4, 0.5) is 4.39 Å². The van der Waals surface area contributed by atoms with Crippen molar-refractivity contribution < 1.29 is 9.18 Å². The Kier molecular flexibility index (Phi) is 5.22. The Morgan fingerprint density at radius 1 is 1.56 bits per heavy atom. The second-order valence-corrected chi connectivity index (χ2v) is 4.71. The quantitative estimate of drug-likeness (QED) is 0.806. The van der Waals surface area contributed by atoms with Crippen LogP contribution in [0.2, 0.25) is 0 Å². The molecule has 0 spiro atoms. The zero-order chi connectivity index (χ0) is 13.7. The Labute approximate surface area is 112 Å². The zero-order valence-electron chi connectivity index (χ0n) is 10.5. The first-order valence-corrected chi connectivity index (χ1v) is 6.20. The lowest BCUT2D eigenvalue weighted by Gasteiger charge is -2.16. The summed E-state index contributed by atoms with van der Waals surface area (Å²) in [5.41, 5.74) is 5.94. The highest BCUT2D eigenvalue weighted by Crippen LogP contribution is 2.12. The third kappa shape index (κ3) is 3.77. The fraction of sp³-hybridized carbons (Fsp3) is 0.385. The molecule has 18 heavy (non-hydrogen) atoms. The zero-order valence-corrected chi connectivity index (χ0v) is 11.3. The summed E-state index contributed by atoms with van der Waals surface area (Å²) in [5, 5.41) is 2.74. The lowest BCUT2D eigenvalue weighted by molar-refractivity contribution is 0.0933. The fourth-order valence-corrected chi connectivity index (χ4v) is 1.83. The molecule has 0 bridgehead atoms. The summed E-state index contributed by atoms with van der Waals surface area (Å²) < 4.78 is 13.8. The topological polar surface area (TPSA) is 55.1 Å². The third-order valence-electron chi connectivity index (χ3n) is 2.71. The molecule has 1 aromatic carbocycles. The van der Waals surface area contributed by atoms with Gasteiger partial charge in [-0.3, -0.25) is 4.79 Å². The Balaban J connectivity index is 2.81. The predicted molar refractivity (Wildman–Crippen MR) is 74.1 cm³/mol. The van der Waals surface area contributed by atoms with E-state index in [1.54, 1.807) is 19.1 Å². The minimum absolute atomic E-state index is 0.0522. The highest BCUT2D eigenvalue weighted by atomic mass is 32.1. The first kappa shape index (κ1) is 14.6. The highest BCUT2D eigenvalue weighted by Gasteiger charge is 2.16. The van der Waals surface area contributed by atoms with E-state index in [1.165, 1.54) is 6.07 Å². The van der Waals surface area contributed by atoms with Gasteiger partial charge in [0.25, 0.3) is 5.91 Å². The maximum absolute atomic E-state index is 13.8. The number of nitrogens with one attached hydrogen (secondary N) is 1. The predicted octanol–water partition coefficient (Wildman–Crippen LogP) is 2.32. The van der Waals surface area contributed by atoms with Gasteiger partial charge in [0.15, 0.2) is 0 Å². The van der Waals surface area contributed by atoms with Gasteiger partial charge >= 0.3 is 0 Å². The molecule has 0 fully saturated rings. The number of hydrogen-bond acceptors (Lipinski definition) is 2. The van der Waals surface area contributed by atoms with E-state index in [0.29, 0.717) is 23.4 Å².